The molecule has 0 unspecified atom stereocenters. The molecule has 3 rings (SSSR count). The highest BCUT2D eigenvalue weighted by Crippen LogP contribution is 2.32. The number of halogens is 1. The molecule has 2 aromatic rings. The highest BCUT2D eigenvalue weighted by molar-refractivity contribution is 6.53. The van der Waals surface area contributed by atoms with Crippen molar-refractivity contribution in [3.8, 4) is 0 Å². The van der Waals surface area contributed by atoms with E-state index in [0.29, 0.717) is 5.69 Å². The number of carbonyl (C=O) groups excluding carboxylic acids is 2. The van der Waals surface area contributed by atoms with Gasteiger partial charge in [0.05, 0.1) is 5.69 Å². The van der Waals surface area contributed by atoms with Gasteiger partial charge >= 0.3 is 0 Å². The molecular formula is C19H17ClN2O2. The molecule has 5 heteroatoms. The van der Waals surface area contributed by atoms with Crippen molar-refractivity contribution >= 4 is 34.8 Å². The number of rotatable bonds is 4. The van der Waals surface area contributed by atoms with Gasteiger partial charge in [-0.25, -0.2) is 4.90 Å². The molecule has 0 fully saturated rings. The van der Waals surface area contributed by atoms with Crippen LogP contribution in [-0.4, -0.2) is 18.9 Å². The molecule has 24 heavy (non-hydrogen) atoms. The minimum Gasteiger partial charge on any atom is -0.339 e. The summed E-state index contributed by atoms with van der Waals surface area (Å²) in [6.45, 7) is 2.05. The smallest absolute Gasteiger partial charge is 0.283 e. The Morgan fingerprint density at radius 3 is 2.17 bits per heavy atom. The third-order valence-corrected chi connectivity index (χ3v) is 4.43. The van der Waals surface area contributed by atoms with Gasteiger partial charge in [-0.05, 0) is 36.2 Å². The maximum Gasteiger partial charge on any atom is 0.283 e. The Bertz CT molecular complexity index is 813. The standard InChI is InChI=1S/C19H17ClN2O2/c1-3-13-9-11-15(12-10-13)22-18(23)16(20)17(19(22)24)21(2)14-7-5-4-6-8-14/h4-12H,3H2,1-2H3. The van der Waals surface area contributed by atoms with Crippen LogP contribution in [0.3, 0.4) is 0 Å². The molecule has 2 aromatic carbocycles. The number of hydrogen-bond acceptors (Lipinski definition) is 3. The topological polar surface area (TPSA) is 40.6 Å². The fraction of sp³-hybridized carbons (Fsp3) is 0.158. The average Bonchev–Trinajstić information content (AvgIpc) is 2.84. The summed E-state index contributed by atoms with van der Waals surface area (Å²) in [5.74, 6) is -0.913. The van der Waals surface area contributed by atoms with Crippen LogP contribution >= 0.6 is 11.6 Å². The first kappa shape index (κ1) is 16.3. The Hall–Kier alpha value is -2.59. The summed E-state index contributed by atoms with van der Waals surface area (Å²) in [5, 5.41) is -0.0640. The van der Waals surface area contributed by atoms with Crippen molar-refractivity contribution in [3.63, 3.8) is 0 Å². The molecule has 0 aromatic heterocycles. The van der Waals surface area contributed by atoms with Crippen molar-refractivity contribution < 1.29 is 9.59 Å². The van der Waals surface area contributed by atoms with Gasteiger partial charge in [0.1, 0.15) is 10.7 Å². The van der Waals surface area contributed by atoms with Crippen LogP contribution in [0.1, 0.15) is 12.5 Å². The second kappa shape index (κ2) is 6.49. The molecule has 0 saturated carbocycles. The predicted molar refractivity (Wildman–Crippen MR) is 96.0 cm³/mol. The molecule has 4 nitrogen and oxygen atoms in total. The number of nitrogens with zero attached hydrogens (tertiary/aromatic N) is 2. The van der Waals surface area contributed by atoms with Crippen LogP contribution in [0.2, 0.25) is 0 Å². The molecule has 2 amide bonds. The van der Waals surface area contributed by atoms with Crippen LogP contribution in [0.4, 0.5) is 11.4 Å². The molecule has 0 radical (unpaired) electrons. The molecule has 0 spiro atoms. The van der Waals surface area contributed by atoms with Crippen molar-refractivity contribution in [3.05, 3.63) is 70.9 Å². The molecule has 0 atom stereocenters. The number of amides is 2. The van der Waals surface area contributed by atoms with E-state index in [1.807, 2.05) is 49.4 Å². The fourth-order valence-corrected chi connectivity index (χ4v) is 2.97. The van der Waals surface area contributed by atoms with Crippen LogP contribution in [0, 0.1) is 0 Å². The molecule has 0 bridgehead atoms. The predicted octanol–water partition coefficient (Wildman–Crippen LogP) is 3.71. The number of anilines is 2. The van der Waals surface area contributed by atoms with Crippen molar-refractivity contribution in [2.45, 2.75) is 13.3 Å². The molecule has 1 aliphatic heterocycles. The van der Waals surface area contributed by atoms with Crippen LogP contribution in [-0.2, 0) is 16.0 Å². The Morgan fingerprint density at radius 1 is 0.958 bits per heavy atom. The lowest BCUT2D eigenvalue weighted by Crippen LogP contribution is -2.34. The van der Waals surface area contributed by atoms with Gasteiger partial charge in [0.2, 0.25) is 0 Å². The maximum atomic E-state index is 12.8. The number of benzene rings is 2. The highest BCUT2D eigenvalue weighted by Gasteiger charge is 2.40. The normalized spacial score (nSPS) is 14.5. The van der Waals surface area contributed by atoms with Crippen molar-refractivity contribution in [2.75, 3.05) is 16.8 Å². The Kier molecular flexibility index (Phi) is 4.40. The molecule has 122 valence electrons. The monoisotopic (exact) mass is 340 g/mol. The molecule has 0 saturated heterocycles. The largest absolute Gasteiger partial charge is 0.339 e. The zero-order valence-corrected chi connectivity index (χ0v) is 14.2. The molecule has 1 aliphatic rings. The van der Waals surface area contributed by atoms with Crippen LogP contribution in [0.5, 0.6) is 0 Å². The lowest BCUT2D eigenvalue weighted by atomic mass is 10.1. The number of hydrogen-bond donors (Lipinski definition) is 0. The number of para-hydroxylation sites is 1. The second-order valence-corrected chi connectivity index (χ2v) is 5.90. The first-order valence-corrected chi connectivity index (χ1v) is 8.08. The van der Waals surface area contributed by atoms with Crippen molar-refractivity contribution in [1.82, 2.24) is 0 Å². The lowest BCUT2D eigenvalue weighted by molar-refractivity contribution is -0.120. The number of carbonyl (C=O) groups is 2. The van der Waals surface area contributed by atoms with E-state index < -0.39 is 11.8 Å². The quantitative estimate of drug-likeness (QED) is 0.797. The summed E-state index contributed by atoms with van der Waals surface area (Å²) in [5.41, 5.74) is 2.64. The molecule has 0 aliphatic carbocycles. The van der Waals surface area contributed by atoms with Gasteiger partial charge in [-0.15, -0.1) is 0 Å². The Labute approximate surface area is 145 Å². The SMILES string of the molecule is CCc1ccc(N2C(=O)C(Cl)=C(N(C)c3ccccc3)C2=O)cc1. The van der Waals surface area contributed by atoms with Gasteiger partial charge in [-0.2, -0.15) is 0 Å². The van der Waals surface area contributed by atoms with Gasteiger partial charge in [-0.1, -0.05) is 48.9 Å². The van der Waals surface area contributed by atoms with Crippen molar-refractivity contribution in [1.29, 1.82) is 0 Å². The summed E-state index contributed by atoms with van der Waals surface area (Å²) in [6.07, 6.45) is 0.892. The first-order chi connectivity index (χ1) is 11.5. The van der Waals surface area contributed by atoms with E-state index in [-0.39, 0.29) is 10.7 Å². The van der Waals surface area contributed by atoms with E-state index in [2.05, 4.69) is 0 Å². The highest BCUT2D eigenvalue weighted by atomic mass is 35.5. The van der Waals surface area contributed by atoms with Crippen LogP contribution in [0.15, 0.2) is 65.3 Å². The summed E-state index contributed by atoms with van der Waals surface area (Å²) < 4.78 is 0. The fourth-order valence-electron chi connectivity index (χ4n) is 2.68. The van der Waals surface area contributed by atoms with E-state index >= 15 is 0 Å². The van der Waals surface area contributed by atoms with Gasteiger partial charge in [0.25, 0.3) is 11.8 Å². The van der Waals surface area contributed by atoms with E-state index in [4.69, 9.17) is 11.6 Å². The zero-order valence-electron chi connectivity index (χ0n) is 13.5. The second-order valence-electron chi connectivity index (χ2n) is 5.52. The zero-order chi connectivity index (χ0) is 17.3. The van der Waals surface area contributed by atoms with Crippen molar-refractivity contribution in [2.24, 2.45) is 0 Å². The van der Waals surface area contributed by atoms with E-state index in [9.17, 15) is 9.59 Å². The number of likely N-dealkylation sites (N-methyl/N-ethyl adjacent to an activating group) is 1. The molecular weight excluding hydrogens is 324 g/mol. The average molecular weight is 341 g/mol. The Morgan fingerprint density at radius 2 is 1.58 bits per heavy atom. The van der Waals surface area contributed by atoms with E-state index in [1.54, 1.807) is 24.1 Å². The minimum absolute atomic E-state index is 0.0640. The third-order valence-electron chi connectivity index (χ3n) is 4.09. The van der Waals surface area contributed by atoms with E-state index in [0.717, 1.165) is 22.6 Å². The summed E-state index contributed by atoms with van der Waals surface area (Å²) >= 11 is 6.20. The summed E-state index contributed by atoms with van der Waals surface area (Å²) in [6, 6.07) is 16.7. The number of imide groups is 1. The summed E-state index contributed by atoms with van der Waals surface area (Å²) in [4.78, 5) is 28.1. The van der Waals surface area contributed by atoms with Gasteiger partial charge in [0, 0.05) is 12.7 Å². The molecule has 1 heterocycles. The van der Waals surface area contributed by atoms with Crippen LogP contribution < -0.4 is 9.80 Å². The van der Waals surface area contributed by atoms with E-state index in [1.165, 1.54) is 0 Å². The Balaban J connectivity index is 1.95. The first-order valence-electron chi connectivity index (χ1n) is 7.71. The van der Waals surface area contributed by atoms with Gasteiger partial charge in [-0.3, -0.25) is 9.59 Å². The maximum absolute atomic E-state index is 12.8. The summed E-state index contributed by atoms with van der Waals surface area (Å²) in [7, 11) is 1.72. The lowest BCUT2D eigenvalue weighted by Gasteiger charge is -2.21. The van der Waals surface area contributed by atoms with Gasteiger partial charge < -0.3 is 4.90 Å². The molecule has 0 N–H and O–H groups in total. The minimum atomic E-state index is -0.497. The third kappa shape index (κ3) is 2.69. The van der Waals surface area contributed by atoms with Crippen LogP contribution in [0.25, 0.3) is 0 Å². The van der Waals surface area contributed by atoms with Gasteiger partial charge in [0.15, 0.2) is 0 Å². The number of aryl methyl sites for hydroxylation is 1.